The van der Waals surface area contributed by atoms with Gasteiger partial charge in [-0.05, 0) is 43.2 Å². The number of primary amides is 1. The molecule has 3 atom stereocenters. The van der Waals surface area contributed by atoms with E-state index in [0.29, 0.717) is 17.6 Å². The number of nitrogens with zero attached hydrogens (tertiary/aromatic N) is 1. The summed E-state index contributed by atoms with van der Waals surface area (Å²) in [5, 5.41) is 30.6. The van der Waals surface area contributed by atoms with Crippen LogP contribution in [-0.4, -0.2) is 76.4 Å². The summed E-state index contributed by atoms with van der Waals surface area (Å²) in [7, 11) is -4.31. The molecule has 16 heteroatoms. The van der Waals surface area contributed by atoms with Crippen LogP contribution in [0, 0.1) is 6.92 Å². The third kappa shape index (κ3) is 7.56. The summed E-state index contributed by atoms with van der Waals surface area (Å²) < 4.78 is 24.8. The number of para-hydroxylation sites is 1. The number of urea groups is 1. The molecule has 222 valence electrons. The lowest BCUT2D eigenvalue weighted by molar-refractivity contribution is -0.158. The number of sulfone groups is 1. The van der Waals surface area contributed by atoms with Gasteiger partial charge in [-0.1, -0.05) is 30.3 Å². The molecule has 0 aliphatic heterocycles. The maximum absolute atomic E-state index is 13.0. The van der Waals surface area contributed by atoms with Crippen LogP contribution in [0.2, 0.25) is 0 Å². The van der Waals surface area contributed by atoms with Gasteiger partial charge in [-0.2, -0.15) is 0 Å². The number of aryl methyl sites for hydroxylation is 1. The normalized spacial score (nSPS) is 15.0. The van der Waals surface area contributed by atoms with Crippen LogP contribution in [0.25, 0.3) is 0 Å². The molecule has 9 N–H and O–H groups in total. The number of carboxylic acids is 3. The van der Waals surface area contributed by atoms with Crippen molar-refractivity contribution in [3.05, 3.63) is 59.7 Å². The Balaban J connectivity index is 2.45. The van der Waals surface area contributed by atoms with Crippen LogP contribution < -0.4 is 27.0 Å². The Hall–Kier alpha value is -4.54. The van der Waals surface area contributed by atoms with Gasteiger partial charge in [0, 0.05) is 6.26 Å². The van der Waals surface area contributed by atoms with E-state index in [-0.39, 0.29) is 5.56 Å². The number of anilines is 2. The number of carbonyl (C=O) groups excluding carboxylic acids is 2. The van der Waals surface area contributed by atoms with Gasteiger partial charge in [-0.15, -0.1) is 0 Å². The summed E-state index contributed by atoms with van der Waals surface area (Å²) in [5.74, 6) is -6.85. The zero-order valence-electron chi connectivity index (χ0n) is 22.3. The number of carboxylic acid groups (broad SMARTS) is 3. The van der Waals surface area contributed by atoms with Crippen molar-refractivity contribution in [1.82, 2.24) is 10.6 Å². The van der Waals surface area contributed by atoms with Crippen LogP contribution in [0.1, 0.15) is 24.5 Å². The molecule has 0 aliphatic carbocycles. The van der Waals surface area contributed by atoms with E-state index in [4.69, 9.17) is 16.6 Å². The molecule has 0 aromatic heterocycles. The number of benzene rings is 2. The van der Waals surface area contributed by atoms with Crippen molar-refractivity contribution in [1.29, 1.82) is 0 Å². The minimum absolute atomic E-state index is 0.287. The highest BCUT2D eigenvalue weighted by Gasteiger charge is 2.55. The standard InChI is InChI=1S/C25H31N5O10S/c1-14-6-4-5-7-18(14)30(23(26)38)17-10-8-16(9-11-17)12-19(31)28-25(22(36)37,15(2)41(3,39)40)29-24(27,21(34)35)13-20(32)33/h4-11,15,29H,12-13,27H2,1-3H3,(H2,26,38)(H,28,31)(H,32,33)(H,34,35)(H,36,37). The lowest BCUT2D eigenvalue weighted by Crippen LogP contribution is -2.79. The predicted octanol–water partition coefficient (Wildman–Crippen LogP) is -0.112. The fraction of sp³-hybridized carbons (Fsp3) is 0.320. The molecule has 41 heavy (non-hydrogen) atoms. The topological polar surface area (TPSA) is 260 Å². The number of carbonyl (C=O) groups is 5. The SMILES string of the molecule is Cc1ccccc1N(C(N)=O)c1ccc(CC(=O)NC(NC(N)(CC(=O)O)C(=O)O)(C(=O)O)C(C)S(C)(=O)=O)cc1. The number of nitrogens with one attached hydrogen (secondary N) is 2. The third-order valence-corrected chi connectivity index (χ3v) is 7.93. The molecule has 3 amide bonds. The molecule has 0 saturated carbocycles. The molecular weight excluding hydrogens is 562 g/mol. The van der Waals surface area contributed by atoms with Gasteiger partial charge < -0.3 is 32.1 Å². The molecule has 0 heterocycles. The zero-order chi connectivity index (χ0) is 31.3. The van der Waals surface area contributed by atoms with Gasteiger partial charge in [0.05, 0.1) is 24.2 Å². The summed E-state index contributed by atoms with van der Waals surface area (Å²) in [6.45, 7) is 2.67. The highest BCUT2D eigenvalue weighted by Crippen LogP contribution is 2.28. The Bertz CT molecular complexity index is 1460. The molecule has 0 aliphatic rings. The monoisotopic (exact) mass is 593 g/mol. The van der Waals surface area contributed by atoms with E-state index in [1.54, 1.807) is 31.2 Å². The van der Waals surface area contributed by atoms with Crippen molar-refractivity contribution >= 4 is 51.1 Å². The minimum Gasteiger partial charge on any atom is -0.481 e. The predicted molar refractivity (Wildman–Crippen MR) is 146 cm³/mol. The van der Waals surface area contributed by atoms with E-state index in [1.165, 1.54) is 29.2 Å². The molecule has 0 fully saturated rings. The zero-order valence-corrected chi connectivity index (χ0v) is 23.1. The minimum atomic E-state index is -4.31. The Morgan fingerprint density at radius 3 is 1.98 bits per heavy atom. The molecule has 2 rings (SSSR count). The Labute approximate surface area is 235 Å². The van der Waals surface area contributed by atoms with E-state index in [9.17, 15) is 42.6 Å². The quantitative estimate of drug-likeness (QED) is 0.150. The second-order valence-corrected chi connectivity index (χ2v) is 11.8. The Morgan fingerprint density at radius 1 is 0.976 bits per heavy atom. The maximum atomic E-state index is 13.0. The van der Waals surface area contributed by atoms with Crippen LogP contribution >= 0.6 is 0 Å². The average molecular weight is 594 g/mol. The van der Waals surface area contributed by atoms with Crippen LogP contribution in [0.15, 0.2) is 48.5 Å². The van der Waals surface area contributed by atoms with Crippen LogP contribution in [-0.2, 0) is 35.4 Å². The highest BCUT2D eigenvalue weighted by molar-refractivity contribution is 7.91. The van der Waals surface area contributed by atoms with Crippen molar-refractivity contribution in [2.75, 3.05) is 11.2 Å². The summed E-state index contributed by atoms with van der Waals surface area (Å²) in [4.78, 5) is 62.0. The molecule has 15 nitrogen and oxygen atoms in total. The van der Waals surface area contributed by atoms with Gasteiger partial charge in [0.1, 0.15) is 5.25 Å². The molecular formula is C25H31N5O10S. The average Bonchev–Trinajstić information content (AvgIpc) is 2.84. The van der Waals surface area contributed by atoms with Crippen molar-refractivity contribution in [3.8, 4) is 0 Å². The molecule has 0 saturated heterocycles. The van der Waals surface area contributed by atoms with Gasteiger partial charge in [0.2, 0.25) is 11.6 Å². The van der Waals surface area contributed by atoms with Crippen LogP contribution in [0.5, 0.6) is 0 Å². The summed E-state index contributed by atoms with van der Waals surface area (Å²) in [5.41, 5.74) is 7.10. The fourth-order valence-corrected chi connectivity index (χ4v) is 4.87. The lowest BCUT2D eigenvalue weighted by Gasteiger charge is -2.41. The summed E-state index contributed by atoms with van der Waals surface area (Å²) in [6, 6.07) is 12.0. The first-order valence-corrected chi connectivity index (χ1v) is 13.8. The van der Waals surface area contributed by atoms with Gasteiger partial charge >= 0.3 is 23.9 Å². The Kier molecular flexibility index (Phi) is 9.82. The highest BCUT2D eigenvalue weighted by atomic mass is 32.2. The van der Waals surface area contributed by atoms with Gasteiger partial charge in [0.25, 0.3) is 0 Å². The van der Waals surface area contributed by atoms with Crippen molar-refractivity contribution in [3.63, 3.8) is 0 Å². The number of amides is 3. The first-order chi connectivity index (χ1) is 18.8. The van der Waals surface area contributed by atoms with Gasteiger partial charge in [-0.3, -0.25) is 19.8 Å². The first kappa shape index (κ1) is 32.7. The number of rotatable bonds is 13. The van der Waals surface area contributed by atoms with Crippen LogP contribution in [0.3, 0.4) is 0 Å². The van der Waals surface area contributed by atoms with Crippen molar-refractivity contribution < 1.29 is 47.7 Å². The van der Waals surface area contributed by atoms with Crippen molar-refractivity contribution in [2.45, 2.75) is 43.3 Å². The number of nitrogens with two attached hydrogens (primary N) is 2. The van der Waals surface area contributed by atoms with E-state index < -0.39 is 69.1 Å². The van der Waals surface area contributed by atoms with E-state index in [2.05, 4.69) is 0 Å². The number of aliphatic carboxylic acids is 3. The lowest BCUT2D eigenvalue weighted by atomic mass is 9.99. The molecule has 2 aromatic carbocycles. The van der Waals surface area contributed by atoms with E-state index in [0.717, 1.165) is 12.5 Å². The second-order valence-electron chi connectivity index (χ2n) is 9.41. The third-order valence-electron chi connectivity index (χ3n) is 6.29. The maximum Gasteiger partial charge on any atom is 0.346 e. The summed E-state index contributed by atoms with van der Waals surface area (Å²) in [6.07, 6.45) is -1.24. The molecule has 3 unspecified atom stereocenters. The largest absolute Gasteiger partial charge is 0.481 e. The molecule has 0 spiro atoms. The van der Waals surface area contributed by atoms with E-state index >= 15 is 0 Å². The smallest absolute Gasteiger partial charge is 0.346 e. The van der Waals surface area contributed by atoms with Gasteiger partial charge in [0.15, 0.2) is 15.5 Å². The molecule has 0 radical (unpaired) electrons. The first-order valence-electron chi connectivity index (χ1n) is 11.8. The van der Waals surface area contributed by atoms with Gasteiger partial charge in [-0.25, -0.2) is 22.8 Å². The number of hydrogen-bond acceptors (Lipinski definition) is 9. The fourth-order valence-electron chi connectivity index (χ4n) is 4.01. The molecule has 2 aromatic rings. The number of hydrogen-bond donors (Lipinski definition) is 7. The van der Waals surface area contributed by atoms with Crippen LogP contribution in [0.4, 0.5) is 16.2 Å². The summed E-state index contributed by atoms with van der Waals surface area (Å²) >= 11 is 0. The van der Waals surface area contributed by atoms with E-state index in [1.807, 2.05) is 10.6 Å². The second kappa shape index (κ2) is 12.3. The Morgan fingerprint density at radius 2 is 1.54 bits per heavy atom. The van der Waals surface area contributed by atoms with Crippen molar-refractivity contribution in [2.24, 2.45) is 11.5 Å². The molecule has 0 bridgehead atoms.